The summed E-state index contributed by atoms with van der Waals surface area (Å²) in [5.74, 6) is 1.21. The maximum absolute atomic E-state index is 9.48. The number of benzene rings is 2. The molecule has 2 aromatic carbocycles. The fourth-order valence-electron chi connectivity index (χ4n) is 1.83. The molecule has 0 aliphatic carbocycles. The van der Waals surface area contributed by atoms with Gasteiger partial charge in [0.15, 0.2) is 0 Å². The molecule has 3 aromatic rings. The highest BCUT2D eigenvalue weighted by Crippen LogP contribution is 2.29. The number of aromatic nitrogens is 1. The van der Waals surface area contributed by atoms with Crippen molar-refractivity contribution in [3.8, 4) is 17.4 Å². The van der Waals surface area contributed by atoms with E-state index in [0.29, 0.717) is 16.7 Å². The van der Waals surface area contributed by atoms with Gasteiger partial charge in [-0.3, -0.25) is 0 Å². The van der Waals surface area contributed by atoms with Crippen LogP contribution >= 0.6 is 11.6 Å². The van der Waals surface area contributed by atoms with Crippen LogP contribution in [-0.2, 0) is 0 Å². The van der Waals surface area contributed by atoms with Crippen molar-refractivity contribution in [3.05, 3.63) is 59.8 Å². The van der Waals surface area contributed by atoms with Gasteiger partial charge in [-0.15, -0.1) is 0 Å². The third kappa shape index (κ3) is 2.46. The molecule has 94 valence electrons. The van der Waals surface area contributed by atoms with E-state index in [2.05, 4.69) is 4.98 Å². The Labute approximate surface area is 115 Å². The average Bonchev–Trinajstić information content (AvgIpc) is 2.41. The topological polar surface area (TPSA) is 42.4 Å². The standard InChI is InChI=1S/C15H10ClNO2/c16-14-2-1-7-17-15(14)19-13-6-4-10-3-5-12(18)8-11(10)9-13/h1-9,18H. The van der Waals surface area contributed by atoms with E-state index in [9.17, 15) is 5.11 Å². The smallest absolute Gasteiger partial charge is 0.238 e. The molecule has 0 saturated carbocycles. The highest BCUT2D eigenvalue weighted by molar-refractivity contribution is 6.31. The van der Waals surface area contributed by atoms with Crippen LogP contribution in [0.25, 0.3) is 10.8 Å². The second-order valence-corrected chi connectivity index (χ2v) is 4.49. The van der Waals surface area contributed by atoms with Gasteiger partial charge in [-0.2, -0.15) is 0 Å². The molecule has 19 heavy (non-hydrogen) atoms. The Morgan fingerprint density at radius 1 is 1.00 bits per heavy atom. The molecule has 0 radical (unpaired) electrons. The molecule has 0 aliphatic heterocycles. The Morgan fingerprint density at radius 2 is 1.84 bits per heavy atom. The molecule has 0 bridgehead atoms. The summed E-state index contributed by atoms with van der Waals surface area (Å²) in [6.07, 6.45) is 1.62. The number of aromatic hydroxyl groups is 1. The molecule has 0 spiro atoms. The molecule has 0 unspecified atom stereocenters. The lowest BCUT2D eigenvalue weighted by atomic mass is 10.1. The van der Waals surface area contributed by atoms with Crippen LogP contribution in [0.5, 0.6) is 17.4 Å². The predicted octanol–water partition coefficient (Wildman–Crippen LogP) is 4.39. The van der Waals surface area contributed by atoms with E-state index >= 15 is 0 Å². The SMILES string of the molecule is Oc1ccc2ccc(Oc3ncccc3Cl)cc2c1. The van der Waals surface area contributed by atoms with Crippen molar-refractivity contribution >= 4 is 22.4 Å². The highest BCUT2D eigenvalue weighted by atomic mass is 35.5. The van der Waals surface area contributed by atoms with Crippen molar-refractivity contribution < 1.29 is 9.84 Å². The first kappa shape index (κ1) is 11.8. The van der Waals surface area contributed by atoms with Crippen molar-refractivity contribution in [3.63, 3.8) is 0 Å². The van der Waals surface area contributed by atoms with Crippen LogP contribution in [0.3, 0.4) is 0 Å². The molecular formula is C15H10ClNO2. The second kappa shape index (κ2) is 4.78. The van der Waals surface area contributed by atoms with Crippen LogP contribution in [0.2, 0.25) is 5.02 Å². The number of ether oxygens (including phenoxy) is 1. The molecule has 1 heterocycles. The van der Waals surface area contributed by atoms with Gasteiger partial charge in [-0.25, -0.2) is 4.98 Å². The largest absolute Gasteiger partial charge is 0.508 e. The summed E-state index contributed by atoms with van der Waals surface area (Å²) in [6.45, 7) is 0. The van der Waals surface area contributed by atoms with Crippen LogP contribution in [0.4, 0.5) is 0 Å². The molecule has 4 heteroatoms. The van der Waals surface area contributed by atoms with Gasteiger partial charge in [0.2, 0.25) is 5.88 Å². The van der Waals surface area contributed by atoms with E-state index in [-0.39, 0.29) is 5.75 Å². The van der Waals surface area contributed by atoms with E-state index < -0.39 is 0 Å². The van der Waals surface area contributed by atoms with Crippen molar-refractivity contribution in [1.29, 1.82) is 0 Å². The molecule has 1 aromatic heterocycles. The van der Waals surface area contributed by atoms with Crippen LogP contribution < -0.4 is 4.74 Å². The molecule has 0 amide bonds. The van der Waals surface area contributed by atoms with Gasteiger partial charge in [0.05, 0.1) is 0 Å². The molecule has 0 aliphatic rings. The van der Waals surface area contributed by atoms with Crippen molar-refractivity contribution in [2.75, 3.05) is 0 Å². The first-order valence-corrected chi connectivity index (χ1v) is 6.11. The number of fused-ring (bicyclic) bond motifs is 1. The molecular weight excluding hydrogens is 262 g/mol. The summed E-state index contributed by atoms with van der Waals surface area (Å²) >= 11 is 5.99. The fourth-order valence-corrected chi connectivity index (χ4v) is 1.99. The molecule has 0 saturated heterocycles. The quantitative estimate of drug-likeness (QED) is 0.752. The predicted molar refractivity (Wildman–Crippen MR) is 74.9 cm³/mol. The molecule has 3 rings (SSSR count). The van der Waals surface area contributed by atoms with Gasteiger partial charge in [-0.05, 0) is 47.2 Å². The monoisotopic (exact) mass is 271 g/mol. The lowest BCUT2D eigenvalue weighted by Gasteiger charge is -2.07. The average molecular weight is 272 g/mol. The minimum Gasteiger partial charge on any atom is -0.508 e. The van der Waals surface area contributed by atoms with Gasteiger partial charge >= 0.3 is 0 Å². The number of hydrogen-bond donors (Lipinski definition) is 1. The number of nitrogens with zero attached hydrogens (tertiary/aromatic N) is 1. The third-order valence-electron chi connectivity index (χ3n) is 2.73. The minimum absolute atomic E-state index is 0.223. The number of phenols is 1. The Hall–Kier alpha value is -2.26. The van der Waals surface area contributed by atoms with Gasteiger partial charge in [-0.1, -0.05) is 23.7 Å². The van der Waals surface area contributed by atoms with Crippen molar-refractivity contribution in [1.82, 2.24) is 4.98 Å². The second-order valence-electron chi connectivity index (χ2n) is 4.09. The summed E-state index contributed by atoms with van der Waals surface area (Å²) in [6, 6.07) is 14.2. The fraction of sp³-hybridized carbons (Fsp3) is 0. The molecule has 1 N–H and O–H groups in total. The minimum atomic E-state index is 0.223. The van der Waals surface area contributed by atoms with Crippen LogP contribution in [0.1, 0.15) is 0 Å². The van der Waals surface area contributed by atoms with E-state index in [1.165, 1.54) is 0 Å². The van der Waals surface area contributed by atoms with E-state index in [1.54, 1.807) is 30.5 Å². The number of pyridine rings is 1. The summed E-state index contributed by atoms with van der Waals surface area (Å²) in [5.41, 5.74) is 0. The molecule has 3 nitrogen and oxygen atoms in total. The van der Waals surface area contributed by atoms with Crippen LogP contribution in [0, 0.1) is 0 Å². The maximum Gasteiger partial charge on any atom is 0.238 e. The number of halogens is 1. The summed E-state index contributed by atoms with van der Waals surface area (Å²) < 4.78 is 5.63. The Kier molecular flexibility index (Phi) is 2.97. The van der Waals surface area contributed by atoms with E-state index in [0.717, 1.165) is 10.8 Å². The van der Waals surface area contributed by atoms with Gasteiger partial charge in [0.25, 0.3) is 0 Å². The number of hydrogen-bond acceptors (Lipinski definition) is 3. The Morgan fingerprint density at radius 3 is 2.68 bits per heavy atom. The van der Waals surface area contributed by atoms with E-state index in [1.807, 2.05) is 24.3 Å². The van der Waals surface area contributed by atoms with Crippen molar-refractivity contribution in [2.45, 2.75) is 0 Å². The normalized spacial score (nSPS) is 10.6. The first-order valence-electron chi connectivity index (χ1n) is 5.73. The van der Waals surface area contributed by atoms with Crippen LogP contribution in [-0.4, -0.2) is 10.1 Å². The highest BCUT2D eigenvalue weighted by Gasteiger charge is 2.04. The number of phenolic OH excluding ortho intramolecular Hbond substituents is 1. The third-order valence-corrected chi connectivity index (χ3v) is 3.02. The lowest BCUT2D eigenvalue weighted by Crippen LogP contribution is -1.88. The zero-order valence-electron chi connectivity index (χ0n) is 9.88. The maximum atomic E-state index is 9.48. The summed E-state index contributed by atoms with van der Waals surface area (Å²) in [5, 5.41) is 11.9. The zero-order valence-corrected chi connectivity index (χ0v) is 10.6. The lowest BCUT2D eigenvalue weighted by molar-refractivity contribution is 0.464. The van der Waals surface area contributed by atoms with Crippen LogP contribution in [0.15, 0.2) is 54.7 Å². The van der Waals surface area contributed by atoms with Gasteiger partial charge < -0.3 is 9.84 Å². The summed E-state index contributed by atoms with van der Waals surface area (Å²) in [7, 11) is 0. The molecule has 0 fully saturated rings. The summed E-state index contributed by atoms with van der Waals surface area (Å²) in [4.78, 5) is 4.07. The Bertz CT molecular complexity index is 743. The van der Waals surface area contributed by atoms with E-state index in [4.69, 9.17) is 16.3 Å². The number of rotatable bonds is 2. The first-order chi connectivity index (χ1) is 9.22. The van der Waals surface area contributed by atoms with Gasteiger partial charge in [0.1, 0.15) is 16.5 Å². The van der Waals surface area contributed by atoms with Crippen molar-refractivity contribution in [2.24, 2.45) is 0 Å². The Balaban J connectivity index is 2.00. The zero-order chi connectivity index (χ0) is 13.2. The van der Waals surface area contributed by atoms with Gasteiger partial charge in [0, 0.05) is 6.20 Å². The molecule has 0 atom stereocenters.